The van der Waals surface area contributed by atoms with E-state index in [9.17, 15) is 5.11 Å². The Morgan fingerprint density at radius 1 is 1.29 bits per heavy atom. The molecule has 3 rings (SSSR count). The van der Waals surface area contributed by atoms with Gasteiger partial charge in [-0.05, 0) is 30.7 Å². The van der Waals surface area contributed by atoms with Crippen molar-refractivity contribution in [1.29, 1.82) is 0 Å². The second kappa shape index (κ2) is 6.43. The molecule has 0 amide bonds. The lowest BCUT2D eigenvalue weighted by molar-refractivity contribution is 0.0562. The van der Waals surface area contributed by atoms with Crippen molar-refractivity contribution in [3.05, 3.63) is 47.7 Å². The molecule has 112 valence electrons. The lowest BCUT2D eigenvalue weighted by Crippen LogP contribution is -2.32. The summed E-state index contributed by atoms with van der Waals surface area (Å²) in [6, 6.07) is 12.3. The fourth-order valence-electron chi connectivity index (χ4n) is 2.67. The van der Waals surface area contributed by atoms with E-state index in [1.165, 1.54) is 5.56 Å². The van der Waals surface area contributed by atoms with E-state index in [1.54, 1.807) is 0 Å². The molecule has 4 nitrogen and oxygen atoms in total. The molecule has 0 saturated carbocycles. The largest absolute Gasteiger partial charge is 0.461 e. The van der Waals surface area contributed by atoms with Gasteiger partial charge in [-0.15, -0.1) is 0 Å². The van der Waals surface area contributed by atoms with Gasteiger partial charge < -0.3 is 14.3 Å². The zero-order valence-electron chi connectivity index (χ0n) is 12.3. The van der Waals surface area contributed by atoms with Gasteiger partial charge in [0.2, 0.25) is 0 Å². The summed E-state index contributed by atoms with van der Waals surface area (Å²) in [4.78, 5) is 2.23. The average molecular weight is 287 g/mol. The number of aryl methyl sites for hydroxylation is 1. The number of β-amino-alcohol motifs (C(OH)–C–C–N with tert-alkyl or cyclic N) is 1. The van der Waals surface area contributed by atoms with Gasteiger partial charge in [-0.25, -0.2) is 0 Å². The summed E-state index contributed by atoms with van der Waals surface area (Å²) in [6.45, 7) is 5.38. The number of aliphatic hydroxyl groups is 1. The Morgan fingerprint density at radius 3 is 3.00 bits per heavy atom. The van der Waals surface area contributed by atoms with Gasteiger partial charge >= 0.3 is 0 Å². The Morgan fingerprint density at radius 2 is 2.19 bits per heavy atom. The van der Waals surface area contributed by atoms with Crippen LogP contribution in [0.4, 0.5) is 0 Å². The maximum atomic E-state index is 9.79. The minimum absolute atomic E-state index is 0.400. The van der Waals surface area contributed by atoms with Crippen LogP contribution in [0.25, 0.3) is 11.3 Å². The molecule has 1 aliphatic heterocycles. The fourth-order valence-corrected chi connectivity index (χ4v) is 2.67. The van der Waals surface area contributed by atoms with Crippen molar-refractivity contribution in [2.75, 3.05) is 26.3 Å². The van der Waals surface area contributed by atoms with Gasteiger partial charge in [-0.2, -0.15) is 0 Å². The third-order valence-corrected chi connectivity index (χ3v) is 3.69. The van der Waals surface area contributed by atoms with Crippen molar-refractivity contribution < 1.29 is 14.3 Å². The van der Waals surface area contributed by atoms with Crippen molar-refractivity contribution in [2.45, 2.75) is 19.6 Å². The SMILES string of the molecule is Cc1ccc(-c2cccc(CN3CCOC[C@H](O)C3)c2)o1. The second-order valence-corrected chi connectivity index (χ2v) is 5.57. The molecule has 4 heteroatoms. The second-order valence-electron chi connectivity index (χ2n) is 5.57. The number of rotatable bonds is 3. The van der Waals surface area contributed by atoms with Crippen molar-refractivity contribution in [1.82, 2.24) is 4.90 Å². The molecule has 2 heterocycles. The predicted octanol–water partition coefficient (Wildman–Crippen LogP) is 2.45. The highest BCUT2D eigenvalue weighted by atomic mass is 16.5. The maximum Gasteiger partial charge on any atom is 0.134 e. The van der Waals surface area contributed by atoms with Crippen molar-refractivity contribution in [3.8, 4) is 11.3 Å². The molecule has 0 aliphatic carbocycles. The van der Waals surface area contributed by atoms with Crippen molar-refractivity contribution in [2.24, 2.45) is 0 Å². The highest BCUT2D eigenvalue weighted by Crippen LogP contribution is 2.23. The maximum absolute atomic E-state index is 9.79. The van der Waals surface area contributed by atoms with E-state index in [1.807, 2.05) is 25.1 Å². The zero-order chi connectivity index (χ0) is 14.7. The molecule has 1 fully saturated rings. The molecule has 0 bridgehead atoms. The normalized spacial score (nSPS) is 20.4. The van der Waals surface area contributed by atoms with Crippen LogP contribution in [0, 0.1) is 6.92 Å². The van der Waals surface area contributed by atoms with Crippen LogP contribution in [0.5, 0.6) is 0 Å². The van der Waals surface area contributed by atoms with Gasteiger partial charge in [0.15, 0.2) is 0 Å². The first kappa shape index (κ1) is 14.3. The molecule has 1 aliphatic rings. The molecule has 0 unspecified atom stereocenters. The summed E-state index contributed by atoms with van der Waals surface area (Å²) in [6.07, 6.45) is -0.400. The van der Waals surface area contributed by atoms with Crippen LogP contribution in [0.15, 0.2) is 40.8 Å². The summed E-state index contributed by atoms with van der Waals surface area (Å²) < 4.78 is 11.0. The van der Waals surface area contributed by atoms with Gasteiger partial charge in [0.1, 0.15) is 11.5 Å². The number of nitrogens with zero attached hydrogens (tertiary/aromatic N) is 1. The Bertz CT molecular complexity index is 593. The molecule has 21 heavy (non-hydrogen) atoms. The Kier molecular flexibility index (Phi) is 4.39. The van der Waals surface area contributed by atoms with Crippen LogP contribution in [0.2, 0.25) is 0 Å². The average Bonchev–Trinajstić information content (AvgIpc) is 2.80. The van der Waals surface area contributed by atoms with Gasteiger partial charge in [0.05, 0.1) is 19.3 Å². The molecule has 1 aromatic carbocycles. The van der Waals surface area contributed by atoms with Crippen LogP contribution >= 0.6 is 0 Å². The number of aliphatic hydroxyl groups excluding tert-OH is 1. The van der Waals surface area contributed by atoms with Gasteiger partial charge in [-0.1, -0.05) is 18.2 Å². The van der Waals surface area contributed by atoms with Crippen molar-refractivity contribution in [3.63, 3.8) is 0 Å². The molecule has 1 aromatic heterocycles. The highest BCUT2D eigenvalue weighted by Gasteiger charge is 2.16. The third kappa shape index (κ3) is 3.73. The van der Waals surface area contributed by atoms with E-state index in [0.717, 1.165) is 30.2 Å². The minimum Gasteiger partial charge on any atom is -0.461 e. The zero-order valence-corrected chi connectivity index (χ0v) is 12.3. The molecular formula is C17H21NO3. The molecule has 0 spiro atoms. The molecular weight excluding hydrogens is 266 g/mol. The van der Waals surface area contributed by atoms with E-state index in [-0.39, 0.29) is 0 Å². The monoisotopic (exact) mass is 287 g/mol. The quantitative estimate of drug-likeness (QED) is 0.942. The lowest BCUT2D eigenvalue weighted by atomic mass is 10.1. The van der Waals surface area contributed by atoms with Crippen molar-refractivity contribution >= 4 is 0 Å². The summed E-state index contributed by atoms with van der Waals surface area (Å²) in [5.41, 5.74) is 2.31. The topological polar surface area (TPSA) is 45.8 Å². The van der Waals surface area contributed by atoms with Crippen LogP contribution in [0.1, 0.15) is 11.3 Å². The fraction of sp³-hybridized carbons (Fsp3) is 0.412. The number of hydrogen-bond acceptors (Lipinski definition) is 4. The van der Waals surface area contributed by atoms with E-state index in [4.69, 9.17) is 9.15 Å². The Hall–Kier alpha value is -1.62. The van der Waals surface area contributed by atoms with Crippen LogP contribution in [0.3, 0.4) is 0 Å². The summed E-state index contributed by atoms with van der Waals surface area (Å²) in [5, 5.41) is 9.79. The van der Waals surface area contributed by atoms with Gasteiger partial charge in [0, 0.05) is 25.2 Å². The standard InChI is InChI=1S/C17H21NO3/c1-13-5-6-17(21-13)15-4-2-3-14(9-15)10-18-7-8-20-12-16(19)11-18/h2-6,9,16,19H,7-8,10-12H2,1H3/t16-/m1/s1. The first-order valence-electron chi connectivity index (χ1n) is 7.34. The number of furan rings is 1. The van der Waals surface area contributed by atoms with E-state index in [2.05, 4.69) is 23.1 Å². The Labute approximate surface area is 124 Å². The van der Waals surface area contributed by atoms with E-state index >= 15 is 0 Å². The van der Waals surface area contributed by atoms with Gasteiger partial charge in [-0.3, -0.25) is 4.90 Å². The Balaban J connectivity index is 1.73. The van der Waals surface area contributed by atoms with Crippen LogP contribution in [-0.4, -0.2) is 42.4 Å². The van der Waals surface area contributed by atoms with Crippen LogP contribution in [-0.2, 0) is 11.3 Å². The van der Waals surface area contributed by atoms with E-state index < -0.39 is 6.10 Å². The lowest BCUT2D eigenvalue weighted by Gasteiger charge is -2.21. The number of benzene rings is 1. The highest BCUT2D eigenvalue weighted by molar-refractivity contribution is 5.58. The first-order valence-corrected chi connectivity index (χ1v) is 7.34. The minimum atomic E-state index is -0.400. The molecule has 2 aromatic rings. The summed E-state index contributed by atoms with van der Waals surface area (Å²) in [7, 11) is 0. The number of ether oxygens (including phenoxy) is 1. The third-order valence-electron chi connectivity index (χ3n) is 3.69. The van der Waals surface area contributed by atoms with Gasteiger partial charge in [0.25, 0.3) is 0 Å². The number of hydrogen-bond donors (Lipinski definition) is 1. The molecule has 0 radical (unpaired) electrons. The van der Waals surface area contributed by atoms with E-state index in [0.29, 0.717) is 19.8 Å². The van der Waals surface area contributed by atoms with Crippen LogP contribution < -0.4 is 0 Å². The summed E-state index contributed by atoms with van der Waals surface area (Å²) >= 11 is 0. The smallest absolute Gasteiger partial charge is 0.134 e. The first-order chi connectivity index (χ1) is 10.2. The molecule has 1 atom stereocenters. The predicted molar refractivity (Wildman–Crippen MR) is 81.0 cm³/mol. The molecule has 1 saturated heterocycles. The molecule has 1 N–H and O–H groups in total. The summed E-state index contributed by atoms with van der Waals surface area (Å²) in [5.74, 6) is 1.82.